The van der Waals surface area contributed by atoms with Gasteiger partial charge in [0.25, 0.3) is 0 Å². The van der Waals surface area contributed by atoms with Gasteiger partial charge in [-0.05, 0) is 12.5 Å². The summed E-state index contributed by atoms with van der Waals surface area (Å²) < 4.78 is 5.63. The van der Waals surface area contributed by atoms with Gasteiger partial charge >= 0.3 is 0 Å². The first-order chi connectivity index (χ1) is 7.86. The molecule has 1 aromatic rings. The summed E-state index contributed by atoms with van der Waals surface area (Å²) in [5.41, 5.74) is 6.39. The lowest BCUT2D eigenvalue weighted by Crippen LogP contribution is -2.01. The van der Waals surface area contributed by atoms with E-state index in [0.717, 1.165) is 24.5 Å². The minimum atomic E-state index is 0.466. The van der Waals surface area contributed by atoms with Gasteiger partial charge in [0.05, 0.1) is 12.3 Å². The Morgan fingerprint density at radius 3 is 2.81 bits per heavy atom. The molecule has 90 valence electrons. The molecule has 1 rings (SSSR count). The maximum absolute atomic E-state index is 5.63. The van der Waals surface area contributed by atoms with E-state index in [0.29, 0.717) is 6.54 Å². The molecule has 0 aromatic carbocycles. The van der Waals surface area contributed by atoms with Gasteiger partial charge in [-0.1, -0.05) is 32.6 Å². The Labute approximate surface area is 98.0 Å². The van der Waals surface area contributed by atoms with Gasteiger partial charge in [0.1, 0.15) is 5.75 Å². The van der Waals surface area contributed by atoms with Crippen LogP contribution in [0, 0.1) is 0 Å². The van der Waals surface area contributed by atoms with Crippen molar-refractivity contribution in [2.45, 2.75) is 45.6 Å². The van der Waals surface area contributed by atoms with Crippen LogP contribution in [-0.4, -0.2) is 11.6 Å². The van der Waals surface area contributed by atoms with Crippen LogP contribution in [0.25, 0.3) is 0 Å². The molecule has 16 heavy (non-hydrogen) atoms. The molecule has 1 aromatic heterocycles. The average Bonchev–Trinajstić information content (AvgIpc) is 2.34. The molecule has 0 saturated heterocycles. The van der Waals surface area contributed by atoms with E-state index in [2.05, 4.69) is 11.9 Å². The van der Waals surface area contributed by atoms with E-state index in [1.54, 1.807) is 6.20 Å². The van der Waals surface area contributed by atoms with E-state index in [1.165, 1.54) is 25.7 Å². The van der Waals surface area contributed by atoms with E-state index in [1.807, 2.05) is 12.1 Å². The van der Waals surface area contributed by atoms with Crippen molar-refractivity contribution < 1.29 is 4.74 Å². The largest absolute Gasteiger partial charge is 0.493 e. The van der Waals surface area contributed by atoms with Gasteiger partial charge in [-0.25, -0.2) is 0 Å². The van der Waals surface area contributed by atoms with Crippen LogP contribution < -0.4 is 10.5 Å². The first-order valence-electron chi connectivity index (χ1n) is 6.14. The Morgan fingerprint density at radius 2 is 2.06 bits per heavy atom. The molecule has 0 radical (unpaired) electrons. The van der Waals surface area contributed by atoms with E-state index in [9.17, 15) is 0 Å². The van der Waals surface area contributed by atoms with Gasteiger partial charge in [-0.3, -0.25) is 4.98 Å². The maximum Gasteiger partial charge on any atom is 0.122 e. The zero-order valence-electron chi connectivity index (χ0n) is 10.1. The van der Waals surface area contributed by atoms with Crippen LogP contribution in [0.4, 0.5) is 0 Å². The van der Waals surface area contributed by atoms with Gasteiger partial charge in [-0.2, -0.15) is 0 Å². The highest BCUT2D eigenvalue weighted by Gasteiger charge is 1.96. The molecule has 3 nitrogen and oxygen atoms in total. The predicted octanol–water partition coefficient (Wildman–Crippen LogP) is 2.89. The Bertz CT molecular complexity index is 289. The first kappa shape index (κ1) is 13.0. The fourth-order valence-electron chi connectivity index (χ4n) is 1.55. The highest BCUT2D eigenvalue weighted by atomic mass is 16.5. The van der Waals surface area contributed by atoms with E-state index in [-0.39, 0.29) is 0 Å². The number of nitrogens with zero attached hydrogens (tertiary/aromatic N) is 1. The normalized spacial score (nSPS) is 10.4. The zero-order chi connectivity index (χ0) is 11.6. The lowest BCUT2D eigenvalue weighted by molar-refractivity contribution is 0.304. The second-order valence-corrected chi connectivity index (χ2v) is 3.95. The number of pyridine rings is 1. The van der Waals surface area contributed by atoms with Gasteiger partial charge in [-0.15, -0.1) is 0 Å². The van der Waals surface area contributed by atoms with Crippen molar-refractivity contribution in [3.05, 3.63) is 24.0 Å². The van der Waals surface area contributed by atoms with E-state index >= 15 is 0 Å². The molecule has 0 aliphatic carbocycles. The zero-order valence-corrected chi connectivity index (χ0v) is 10.1. The monoisotopic (exact) mass is 222 g/mol. The molecule has 0 aliphatic rings. The molecular weight excluding hydrogens is 200 g/mol. The van der Waals surface area contributed by atoms with Gasteiger partial charge < -0.3 is 10.5 Å². The molecule has 0 amide bonds. The minimum absolute atomic E-state index is 0.466. The fourth-order valence-corrected chi connectivity index (χ4v) is 1.55. The van der Waals surface area contributed by atoms with Crippen molar-refractivity contribution in [3.63, 3.8) is 0 Å². The van der Waals surface area contributed by atoms with Crippen LogP contribution in [0.15, 0.2) is 18.3 Å². The molecular formula is C13H22N2O. The third-order valence-electron chi connectivity index (χ3n) is 2.51. The van der Waals surface area contributed by atoms with Crippen LogP contribution in [-0.2, 0) is 6.54 Å². The molecule has 0 saturated carbocycles. The highest BCUT2D eigenvalue weighted by molar-refractivity contribution is 5.22. The van der Waals surface area contributed by atoms with Gasteiger partial charge in [0, 0.05) is 18.8 Å². The van der Waals surface area contributed by atoms with Crippen molar-refractivity contribution >= 4 is 0 Å². The lowest BCUT2D eigenvalue weighted by atomic mass is 10.2. The summed E-state index contributed by atoms with van der Waals surface area (Å²) in [6.45, 7) is 3.48. The second kappa shape index (κ2) is 8.11. The SMILES string of the molecule is CCCCCCCOc1ccnc(CN)c1. The quantitative estimate of drug-likeness (QED) is 0.688. The third kappa shape index (κ3) is 5.12. The molecule has 0 unspecified atom stereocenters. The smallest absolute Gasteiger partial charge is 0.122 e. The average molecular weight is 222 g/mol. The number of hydrogen-bond acceptors (Lipinski definition) is 3. The van der Waals surface area contributed by atoms with Crippen LogP contribution in [0.1, 0.15) is 44.7 Å². The summed E-state index contributed by atoms with van der Waals surface area (Å²) >= 11 is 0. The minimum Gasteiger partial charge on any atom is -0.493 e. The summed E-state index contributed by atoms with van der Waals surface area (Å²) in [5, 5.41) is 0. The molecule has 2 N–H and O–H groups in total. The maximum atomic E-state index is 5.63. The number of hydrogen-bond donors (Lipinski definition) is 1. The number of aromatic nitrogens is 1. The lowest BCUT2D eigenvalue weighted by Gasteiger charge is -2.06. The molecule has 1 heterocycles. The van der Waals surface area contributed by atoms with Crippen molar-refractivity contribution in [2.75, 3.05) is 6.61 Å². The topological polar surface area (TPSA) is 48.1 Å². The summed E-state index contributed by atoms with van der Waals surface area (Å²) in [5.74, 6) is 0.881. The molecule has 0 aliphatic heterocycles. The van der Waals surface area contributed by atoms with Crippen molar-refractivity contribution in [3.8, 4) is 5.75 Å². The van der Waals surface area contributed by atoms with Crippen molar-refractivity contribution in [1.82, 2.24) is 4.98 Å². The van der Waals surface area contributed by atoms with Gasteiger partial charge in [0.15, 0.2) is 0 Å². The molecule has 3 heteroatoms. The molecule has 0 atom stereocenters. The van der Waals surface area contributed by atoms with Crippen LogP contribution in [0.3, 0.4) is 0 Å². The van der Waals surface area contributed by atoms with Crippen molar-refractivity contribution in [2.24, 2.45) is 5.73 Å². The number of rotatable bonds is 8. The Morgan fingerprint density at radius 1 is 1.25 bits per heavy atom. The highest BCUT2D eigenvalue weighted by Crippen LogP contribution is 2.11. The van der Waals surface area contributed by atoms with Crippen LogP contribution in [0.5, 0.6) is 5.75 Å². The number of nitrogens with two attached hydrogens (primary N) is 1. The summed E-state index contributed by atoms with van der Waals surface area (Å²) in [6, 6.07) is 3.79. The van der Waals surface area contributed by atoms with Crippen LogP contribution >= 0.6 is 0 Å². The van der Waals surface area contributed by atoms with Crippen molar-refractivity contribution in [1.29, 1.82) is 0 Å². The summed E-state index contributed by atoms with van der Waals surface area (Å²) in [4.78, 5) is 4.12. The Kier molecular flexibility index (Phi) is 6.58. The van der Waals surface area contributed by atoms with Gasteiger partial charge in [0.2, 0.25) is 0 Å². The fraction of sp³-hybridized carbons (Fsp3) is 0.615. The number of unbranched alkanes of at least 4 members (excludes halogenated alkanes) is 4. The predicted molar refractivity (Wildman–Crippen MR) is 66.4 cm³/mol. The standard InChI is InChI=1S/C13H22N2O/c1-2-3-4-5-6-9-16-13-7-8-15-12(10-13)11-14/h7-8,10H,2-6,9,11,14H2,1H3. The summed E-state index contributed by atoms with van der Waals surface area (Å²) in [7, 11) is 0. The Hall–Kier alpha value is -1.09. The molecule has 0 fully saturated rings. The number of ether oxygens (including phenoxy) is 1. The van der Waals surface area contributed by atoms with E-state index in [4.69, 9.17) is 10.5 Å². The van der Waals surface area contributed by atoms with Crippen LogP contribution in [0.2, 0.25) is 0 Å². The molecule has 0 spiro atoms. The molecule has 0 bridgehead atoms. The Balaban J connectivity index is 2.16. The third-order valence-corrected chi connectivity index (χ3v) is 2.51. The van der Waals surface area contributed by atoms with E-state index < -0.39 is 0 Å². The first-order valence-corrected chi connectivity index (χ1v) is 6.14. The summed E-state index contributed by atoms with van der Waals surface area (Å²) in [6.07, 6.45) is 8.04. The second-order valence-electron chi connectivity index (χ2n) is 3.95.